The molecule has 1 heterocycles. The molecule has 0 aliphatic heterocycles. The van der Waals surface area contributed by atoms with Crippen molar-refractivity contribution in [2.75, 3.05) is 24.3 Å². The van der Waals surface area contributed by atoms with Gasteiger partial charge in [0.1, 0.15) is 0 Å². The van der Waals surface area contributed by atoms with Crippen LogP contribution in [0.5, 0.6) is 0 Å². The van der Waals surface area contributed by atoms with Gasteiger partial charge in [-0.3, -0.25) is 9.89 Å². The molecule has 0 spiro atoms. The molecule has 2 N–H and O–H groups in total. The number of benzene rings is 3. The van der Waals surface area contributed by atoms with Crippen LogP contribution in [0.1, 0.15) is 35.1 Å². The average molecular weight is 411 g/mol. The highest BCUT2D eigenvalue weighted by molar-refractivity contribution is 5.95. The fraction of sp³-hybridized carbons (Fsp3) is 0.231. The summed E-state index contributed by atoms with van der Waals surface area (Å²) in [4.78, 5) is 14.6. The van der Waals surface area contributed by atoms with E-state index < -0.39 is 0 Å². The number of carbonyl (C=O) groups excluding carboxylic acids is 1. The number of rotatable bonds is 6. The Morgan fingerprint density at radius 1 is 1.03 bits per heavy atom. The van der Waals surface area contributed by atoms with E-state index in [1.165, 1.54) is 5.56 Å². The molecule has 4 aromatic rings. The Hall–Kier alpha value is -3.60. The van der Waals surface area contributed by atoms with Crippen molar-refractivity contribution >= 4 is 28.2 Å². The molecule has 1 aromatic heterocycles. The number of fused-ring (bicyclic) bond motifs is 1. The number of carbonyl (C=O) groups is 1. The van der Waals surface area contributed by atoms with Crippen LogP contribution in [0.2, 0.25) is 0 Å². The predicted octanol–water partition coefficient (Wildman–Crippen LogP) is 5.08. The van der Waals surface area contributed by atoms with Crippen molar-refractivity contribution in [3.8, 4) is 0 Å². The summed E-state index contributed by atoms with van der Waals surface area (Å²) in [6.07, 6.45) is 1.46. The summed E-state index contributed by atoms with van der Waals surface area (Å²) in [5.74, 6) is 0.934. The molecule has 1 amide bonds. The molecular formula is C26H26N4O. The van der Waals surface area contributed by atoms with Crippen molar-refractivity contribution in [1.29, 1.82) is 0 Å². The lowest BCUT2D eigenvalue weighted by Crippen LogP contribution is -2.14. The molecule has 1 aliphatic carbocycles. The lowest BCUT2D eigenvalue weighted by molar-refractivity contribution is -0.115. The van der Waals surface area contributed by atoms with E-state index in [1.54, 1.807) is 0 Å². The topological polar surface area (TPSA) is 61.0 Å². The lowest BCUT2D eigenvalue weighted by Gasteiger charge is -2.12. The minimum absolute atomic E-state index is 0.0180. The van der Waals surface area contributed by atoms with Gasteiger partial charge in [0, 0.05) is 36.8 Å². The second kappa shape index (κ2) is 7.91. The Kier molecular flexibility index (Phi) is 4.94. The zero-order chi connectivity index (χ0) is 21.4. The molecule has 1 fully saturated rings. The number of hydrogen-bond donors (Lipinski definition) is 2. The first kappa shape index (κ1) is 19.4. The molecular weight excluding hydrogens is 384 g/mol. The number of nitrogens with zero attached hydrogens (tertiary/aromatic N) is 2. The highest BCUT2D eigenvalue weighted by Crippen LogP contribution is 2.55. The van der Waals surface area contributed by atoms with Gasteiger partial charge in [0.05, 0.1) is 17.6 Å². The fourth-order valence-corrected chi connectivity index (χ4v) is 4.26. The van der Waals surface area contributed by atoms with E-state index in [1.807, 2.05) is 61.5 Å². The molecule has 3 aromatic carbocycles. The van der Waals surface area contributed by atoms with Crippen LogP contribution < -0.4 is 10.2 Å². The smallest absolute Gasteiger partial charge is 0.228 e. The molecule has 2 unspecified atom stereocenters. The first-order valence-corrected chi connectivity index (χ1v) is 10.7. The second-order valence-electron chi connectivity index (χ2n) is 8.51. The standard InChI is InChI=1S/C26H26N4O/c1-30(2)20-11-8-17(9-12-20)14-25(31)27-19-10-13-24-23(15-19)26(29-28-24)22-16-21(22)18-6-4-3-5-7-18/h3-13,15,21-22H,14,16H2,1-2H3,(H,27,31)(H,28,29). The van der Waals surface area contributed by atoms with Crippen LogP contribution in [0.25, 0.3) is 10.9 Å². The third-order valence-corrected chi connectivity index (χ3v) is 6.06. The average Bonchev–Trinajstić information content (AvgIpc) is 3.46. The van der Waals surface area contributed by atoms with Crippen LogP contribution in [0, 0.1) is 0 Å². The van der Waals surface area contributed by atoms with Crippen molar-refractivity contribution in [2.45, 2.75) is 24.7 Å². The van der Waals surface area contributed by atoms with E-state index in [0.717, 1.165) is 40.0 Å². The molecule has 156 valence electrons. The maximum absolute atomic E-state index is 12.6. The molecule has 31 heavy (non-hydrogen) atoms. The third-order valence-electron chi connectivity index (χ3n) is 6.06. The van der Waals surface area contributed by atoms with Gasteiger partial charge >= 0.3 is 0 Å². The summed E-state index contributed by atoms with van der Waals surface area (Å²) in [6.45, 7) is 0. The minimum Gasteiger partial charge on any atom is -0.378 e. The second-order valence-corrected chi connectivity index (χ2v) is 8.51. The Labute approximate surface area is 182 Å². The van der Waals surface area contributed by atoms with E-state index in [-0.39, 0.29) is 5.91 Å². The van der Waals surface area contributed by atoms with Gasteiger partial charge in [-0.25, -0.2) is 0 Å². The van der Waals surface area contributed by atoms with Gasteiger partial charge < -0.3 is 10.2 Å². The predicted molar refractivity (Wildman–Crippen MR) is 126 cm³/mol. The summed E-state index contributed by atoms with van der Waals surface area (Å²) in [6, 6.07) is 24.7. The fourth-order valence-electron chi connectivity index (χ4n) is 4.26. The molecule has 2 atom stereocenters. The monoisotopic (exact) mass is 410 g/mol. The van der Waals surface area contributed by atoms with Crippen molar-refractivity contribution in [1.82, 2.24) is 10.2 Å². The number of hydrogen-bond acceptors (Lipinski definition) is 3. The molecule has 5 heteroatoms. The van der Waals surface area contributed by atoms with Crippen LogP contribution in [0.4, 0.5) is 11.4 Å². The van der Waals surface area contributed by atoms with Crippen molar-refractivity contribution in [2.24, 2.45) is 0 Å². The normalized spacial score (nSPS) is 17.5. The molecule has 0 saturated heterocycles. The molecule has 0 radical (unpaired) electrons. The highest BCUT2D eigenvalue weighted by Gasteiger charge is 2.41. The van der Waals surface area contributed by atoms with Crippen LogP contribution in [-0.4, -0.2) is 30.2 Å². The summed E-state index contributed by atoms with van der Waals surface area (Å²) in [5.41, 5.74) is 6.40. The number of aromatic nitrogens is 2. The molecule has 1 saturated carbocycles. The molecule has 5 nitrogen and oxygen atoms in total. The zero-order valence-corrected chi connectivity index (χ0v) is 17.8. The lowest BCUT2D eigenvalue weighted by atomic mass is 10.1. The minimum atomic E-state index is -0.0180. The summed E-state index contributed by atoms with van der Waals surface area (Å²) in [7, 11) is 4.01. The van der Waals surface area contributed by atoms with Gasteiger partial charge in [0.15, 0.2) is 0 Å². The van der Waals surface area contributed by atoms with Crippen LogP contribution in [-0.2, 0) is 11.2 Å². The van der Waals surface area contributed by atoms with Crippen molar-refractivity contribution < 1.29 is 4.79 Å². The summed E-state index contributed by atoms with van der Waals surface area (Å²) >= 11 is 0. The number of amides is 1. The van der Waals surface area contributed by atoms with Gasteiger partial charge in [-0.1, -0.05) is 42.5 Å². The van der Waals surface area contributed by atoms with Gasteiger partial charge in [-0.05, 0) is 53.8 Å². The van der Waals surface area contributed by atoms with Gasteiger partial charge in [-0.15, -0.1) is 0 Å². The van der Waals surface area contributed by atoms with E-state index in [2.05, 4.69) is 45.8 Å². The van der Waals surface area contributed by atoms with Crippen molar-refractivity contribution in [3.05, 3.63) is 89.6 Å². The molecule has 1 aliphatic rings. The summed E-state index contributed by atoms with van der Waals surface area (Å²) < 4.78 is 0. The Bertz CT molecular complexity index is 1210. The largest absolute Gasteiger partial charge is 0.378 e. The molecule has 0 bridgehead atoms. The summed E-state index contributed by atoms with van der Waals surface area (Å²) in [5, 5.41) is 11.9. The van der Waals surface area contributed by atoms with E-state index in [9.17, 15) is 4.79 Å². The number of nitrogens with one attached hydrogen (secondary N) is 2. The van der Waals surface area contributed by atoms with Crippen LogP contribution in [0.15, 0.2) is 72.8 Å². The first-order valence-electron chi connectivity index (χ1n) is 10.7. The Morgan fingerprint density at radius 3 is 2.55 bits per heavy atom. The van der Waals surface area contributed by atoms with E-state index in [4.69, 9.17) is 0 Å². The van der Waals surface area contributed by atoms with Gasteiger partial charge in [0.25, 0.3) is 0 Å². The van der Waals surface area contributed by atoms with E-state index >= 15 is 0 Å². The number of H-pyrrole nitrogens is 1. The van der Waals surface area contributed by atoms with Crippen LogP contribution >= 0.6 is 0 Å². The third kappa shape index (κ3) is 4.04. The number of aromatic amines is 1. The molecule has 5 rings (SSSR count). The zero-order valence-electron chi connectivity index (χ0n) is 17.8. The Balaban J connectivity index is 1.30. The first-order chi connectivity index (χ1) is 15.1. The quantitative estimate of drug-likeness (QED) is 0.466. The van der Waals surface area contributed by atoms with Crippen LogP contribution in [0.3, 0.4) is 0 Å². The van der Waals surface area contributed by atoms with Crippen molar-refractivity contribution in [3.63, 3.8) is 0 Å². The maximum Gasteiger partial charge on any atom is 0.228 e. The number of anilines is 2. The SMILES string of the molecule is CN(C)c1ccc(CC(=O)Nc2ccc3[nH]nc(C4CC4c4ccccc4)c3c2)cc1. The maximum atomic E-state index is 12.6. The van der Waals surface area contributed by atoms with E-state index in [0.29, 0.717) is 18.3 Å². The van der Waals surface area contributed by atoms with Gasteiger partial charge in [-0.2, -0.15) is 5.10 Å². The van der Waals surface area contributed by atoms with Gasteiger partial charge in [0.2, 0.25) is 5.91 Å². The Morgan fingerprint density at radius 2 is 1.81 bits per heavy atom. The highest BCUT2D eigenvalue weighted by atomic mass is 16.1.